The highest BCUT2D eigenvalue weighted by molar-refractivity contribution is 5.86. The van der Waals surface area contributed by atoms with Crippen LogP contribution in [0.2, 0.25) is 0 Å². The Bertz CT molecular complexity index is 731. The molecule has 1 heterocycles. The number of benzene rings is 1. The van der Waals surface area contributed by atoms with E-state index in [1.807, 2.05) is 18.5 Å². The maximum absolute atomic E-state index is 12.5. The summed E-state index contributed by atoms with van der Waals surface area (Å²) in [7, 11) is 3.41. The SMILES string of the molecule is COc1cccc2c(=O)c(CCC(=O)O)c(C)n(C)c12. The normalized spacial score (nSPS) is 10.8. The molecule has 0 aliphatic carbocycles. The molecule has 0 atom stereocenters. The molecule has 0 bridgehead atoms. The molecule has 1 N–H and O–H groups in total. The maximum atomic E-state index is 12.5. The van der Waals surface area contributed by atoms with Gasteiger partial charge in [-0.2, -0.15) is 0 Å². The van der Waals surface area contributed by atoms with Crippen molar-refractivity contribution in [3.05, 3.63) is 39.7 Å². The van der Waals surface area contributed by atoms with E-state index in [1.54, 1.807) is 25.3 Å². The summed E-state index contributed by atoms with van der Waals surface area (Å²) < 4.78 is 7.18. The van der Waals surface area contributed by atoms with Gasteiger partial charge in [0.2, 0.25) is 0 Å². The number of hydrogen-bond donors (Lipinski definition) is 1. The van der Waals surface area contributed by atoms with Crippen molar-refractivity contribution in [1.29, 1.82) is 0 Å². The van der Waals surface area contributed by atoms with Gasteiger partial charge in [-0.25, -0.2) is 0 Å². The van der Waals surface area contributed by atoms with Gasteiger partial charge in [0.15, 0.2) is 5.43 Å². The average Bonchev–Trinajstić information content (AvgIpc) is 2.43. The smallest absolute Gasteiger partial charge is 0.303 e. The van der Waals surface area contributed by atoms with Gasteiger partial charge >= 0.3 is 5.97 Å². The largest absolute Gasteiger partial charge is 0.495 e. The fourth-order valence-corrected chi connectivity index (χ4v) is 2.44. The number of ether oxygens (including phenoxy) is 1. The number of fused-ring (bicyclic) bond motifs is 1. The third-order valence-corrected chi connectivity index (χ3v) is 3.60. The molecule has 0 fully saturated rings. The second-order valence-electron chi connectivity index (χ2n) is 4.70. The number of rotatable bonds is 4. The van der Waals surface area contributed by atoms with Crippen molar-refractivity contribution in [1.82, 2.24) is 4.57 Å². The van der Waals surface area contributed by atoms with Gasteiger partial charge in [0.1, 0.15) is 5.75 Å². The Balaban J connectivity index is 2.74. The third-order valence-electron chi connectivity index (χ3n) is 3.60. The van der Waals surface area contributed by atoms with Crippen LogP contribution in [0, 0.1) is 6.92 Å². The maximum Gasteiger partial charge on any atom is 0.303 e. The summed E-state index contributed by atoms with van der Waals surface area (Å²) >= 11 is 0. The quantitative estimate of drug-likeness (QED) is 0.925. The number of para-hydroxylation sites is 1. The van der Waals surface area contributed by atoms with Crippen LogP contribution in [-0.4, -0.2) is 22.8 Å². The van der Waals surface area contributed by atoms with Crippen LogP contribution in [0.25, 0.3) is 10.9 Å². The summed E-state index contributed by atoms with van der Waals surface area (Å²) in [4.78, 5) is 23.2. The Labute approximate surface area is 116 Å². The second kappa shape index (κ2) is 5.36. The highest BCUT2D eigenvalue weighted by Crippen LogP contribution is 2.25. The van der Waals surface area contributed by atoms with Gasteiger partial charge in [0.25, 0.3) is 0 Å². The average molecular weight is 275 g/mol. The van der Waals surface area contributed by atoms with Crippen LogP contribution < -0.4 is 10.2 Å². The predicted molar refractivity (Wildman–Crippen MR) is 76.4 cm³/mol. The van der Waals surface area contributed by atoms with Crippen molar-refractivity contribution in [2.45, 2.75) is 19.8 Å². The molecular formula is C15H17NO4. The van der Waals surface area contributed by atoms with Crippen molar-refractivity contribution in [2.24, 2.45) is 7.05 Å². The van der Waals surface area contributed by atoms with Crippen molar-refractivity contribution >= 4 is 16.9 Å². The standard InChI is InChI=1S/C15H17NO4/c1-9-10(7-8-13(17)18)15(19)11-5-4-6-12(20-3)14(11)16(9)2/h4-6H,7-8H2,1-3H3,(H,17,18). The number of aryl methyl sites for hydroxylation is 1. The lowest BCUT2D eigenvalue weighted by Crippen LogP contribution is -2.18. The number of aliphatic carboxylic acids is 1. The van der Waals surface area contributed by atoms with E-state index in [0.29, 0.717) is 16.7 Å². The summed E-state index contributed by atoms with van der Waals surface area (Å²) in [6.07, 6.45) is 0.187. The van der Waals surface area contributed by atoms with Crippen LogP contribution in [0.3, 0.4) is 0 Å². The van der Waals surface area contributed by atoms with Crippen LogP contribution in [0.1, 0.15) is 17.7 Å². The molecule has 2 rings (SSSR count). The monoisotopic (exact) mass is 275 g/mol. The molecule has 5 heteroatoms. The molecule has 0 aliphatic heterocycles. The first kappa shape index (κ1) is 14.1. The summed E-state index contributed by atoms with van der Waals surface area (Å²) in [5.41, 5.74) is 1.94. The van der Waals surface area contributed by atoms with Crippen LogP contribution in [0.4, 0.5) is 0 Å². The topological polar surface area (TPSA) is 68.5 Å². The van der Waals surface area contributed by atoms with E-state index < -0.39 is 5.97 Å². The van der Waals surface area contributed by atoms with E-state index in [-0.39, 0.29) is 18.3 Å². The number of carboxylic acid groups (broad SMARTS) is 1. The zero-order valence-corrected chi connectivity index (χ0v) is 11.8. The lowest BCUT2D eigenvalue weighted by molar-refractivity contribution is -0.136. The van der Waals surface area contributed by atoms with E-state index >= 15 is 0 Å². The van der Waals surface area contributed by atoms with Crippen molar-refractivity contribution in [2.75, 3.05) is 7.11 Å². The zero-order valence-electron chi connectivity index (χ0n) is 11.8. The number of nitrogens with zero attached hydrogens (tertiary/aromatic N) is 1. The number of carboxylic acids is 1. The molecule has 0 amide bonds. The highest BCUT2D eigenvalue weighted by atomic mass is 16.5. The molecule has 0 unspecified atom stereocenters. The molecule has 1 aromatic heterocycles. The van der Waals surface area contributed by atoms with Crippen LogP contribution in [0.5, 0.6) is 5.75 Å². The Morgan fingerprint density at radius 1 is 1.40 bits per heavy atom. The number of hydrogen-bond acceptors (Lipinski definition) is 3. The highest BCUT2D eigenvalue weighted by Gasteiger charge is 2.15. The number of pyridine rings is 1. The number of methoxy groups -OCH3 is 1. The Morgan fingerprint density at radius 2 is 2.10 bits per heavy atom. The molecule has 0 spiro atoms. The minimum absolute atomic E-state index is 0.0500. The van der Waals surface area contributed by atoms with Crippen LogP contribution in [-0.2, 0) is 18.3 Å². The zero-order chi connectivity index (χ0) is 14.9. The molecule has 0 saturated carbocycles. The van der Waals surface area contributed by atoms with Crippen molar-refractivity contribution in [3.8, 4) is 5.75 Å². The first-order chi connectivity index (χ1) is 9.47. The fourth-order valence-electron chi connectivity index (χ4n) is 2.44. The molecule has 0 saturated heterocycles. The van der Waals surface area contributed by atoms with Gasteiger partial charge in [0.05, 0.1) is 12.6 Å². The van der Waals surface area contributed by atoms with E-state index in [2.05, 4.69) is 0 Å². The predicted octanol–water partition coefficient (Wildman–Crippen LogP) is 1.87. The number of carbonyl (C=O) groups is 1. The van der Waals surface area contributed by atoms with E-state index in [4.69, 9.17) is 9.84 Å². The Hall–Kier alpha value is -2.30. The molecular weight excluding hydrogens is 258 g/mol. The molecule has 5 nitrogen and oxygen atoms in total. The molecule has 2 aromatic rings. The lowest BCUT2D eigenvalue weighted by Gasteiger charge is -2.16. The first-order valence-electron chi connectivity index (χ1n) is 6.34. The minimum atomic E-state index is -0.905. The van der Waals surface area contributed by atoms with Gasteiger partial charge < -0.3 is 14.4 Å². The molecule has 106 valence electrons. The van der Waals surface area contributed by atoms with Gasteiger partial charge in [-0.05, 0) is 25.5 Å². The molecule has 20 heavy (non-hydrogen) atoms. The third kappa shape index (κ3) is 2.27. The second-order valence-corrected chi connectivity index (χ2v) is 4.70. The lowest BCUT2D eigenvalue weighted by atomic mass is 10.0. The first-order valence-corrected chi connectivity index (χ1v) is 6.34. The molecule has 0 aliphatic rings. The summed E-state index contributed by atoms with van der Waals surface area (Å²) in [5, 5.41) is 9.35. The van der Waals surface area contributed by atoms with Gasteiger partial charge in [0, 0.05) is 30.1 Å². The summed E-state index contributed by atoms with van der Waals surface area (Å²) in [6, 6.07) is 5.31. The van der Waals surface area contributed by atoms with Crippen LogP contribution in [0.15, 0.2) is 23.0 Å². The molecule has 0 radical (unpaired) electrons. The van der Waals surface area contributed by atoms with E-state index in [0.717, 1.165) is 11.2 Å². The van der Waals surface area contributed by atoms with Gasteiger partial charge in [-0.3, -0.25) is 9.59 Å². The van der Waals surface area contributed by atoms with Crippen molar-refractivity contribution in [3.63, 3.8) is 0 Å². The Kier molecular flexibility index (Phi) is 3.79. The van der Waals surface area contributed by atoms with Gasteiger partial charge in [-0.15, -0.1) is 0 Å². The summed E-state index contributed by atoms with van der Waals surface area (Å²) in [5.74, 6) is -0.271. The van der Waals surface area contributed by atoms with E-state index in [1.165, 1.54) is 0 Å². The van der Waals surface area contributed by atoms with Gasteiger partial charge in [-0.1, -0.05) is 6.07 Å². The Morgan fingerprint density at radius 3 is 2.70 bits per heavy atom. The minimum Gasteiger partial charge on any atom is -0.495 e. The van der Waals surface area contributed by atoms with E-state index in [9.17, 15) is 9.59 Å². The number of aromatic nitrogens is 1. The van der Waals surface area contributed by atoms with Crippen molar-refractivity contribution < 1.29 is 14.6 Å². The summed E-state index contributed by atoms with van der Waals surface area (Å²) in [6.45, 7) is 1.82. The fraction of sp³-hybridized carbons (Fsp3) is 0.333. The van der Waals surface area contributed by atoms with Crippen LogP contribution >= 0.6 is 0 Å². The molecule has 1 aromatic carbocycles.